The Kier molecular flexibility index (Phi) is 6.41. The lowest BCUT2D eigenvalue weighted by molar-refractivity contribution is 0.572. The van der Waals surface area contributed by atoms with E-state index in [-0.39, 0.29) is 0 Å². The summed E-state index contributed by atoms with van der Waals surface area (Å²) in [5.74, 6) is 0. The molecule has 4 heteroatoms. The molecule has 0 fully saturated rings. The third-order valence-electron chi connectivity index (χ3n) is 4.52. The van der Waals surface area contributed by atoms with Gasteiger partial charge in [-0.25, -0.2) is 13.1 Å². The summed E-state index contributed by atoms with van der Waals surface area (Å²) in [7, 11) is -3.42. The van der Waals surface area contributed by atoms with Crippen LogP contribution in [0.15, 0.2) is 4.90 Å². The number of hydrogen-bond donors (Lipinski definition) is 1. The summed E-state index contributed by atoms with van der Waals surface area (Å²) in [4.78, 5) is 0.471. The molecule has 1 aromatic rings. The van der Waals surface area contributed by atoms with Gasteiger partial charge in [0, 0.05) is 6.54 Å². The molecule has 1 rings (SSSR count). The quantitative estimate of drug-likeness (QED) is 0.771. The Morgan fingerprint density at radius 1 is 0.762 bits per heavy atom. The summed E-state index contributed by atoms with van der Waals surface area (Å²) in [6.07, 6.45) is 4.28. The Bertz CT molecular complexity index is 575. The predicted molar refractivity (Wildman–Crippen MR) is 89.5 cm³/mol. The molecular weight excluding hydrogens is 282 g/mol. The fourth-order valence-electron chi connectivity index (χ4n) is 2.70. The summed E-state index contributed by atoms with van der Waals surface area (Å²) in [5.41, 5.74) is 5.08. The second kappa shape index (κ2) is 7.41. The zero-order valence-corrected chi connectivity index (χ0v) is 15.1. The minimum atomic E-state index is -3.42. The van der Waals surface area contributed by atoms with Crippen molar-refractivity contribution in [1.82, 2.24) is 4.72 Å². The molecule has 3 nitrogen and oxygen atoms in total. The first-order valence-electron chi connectivity index (χ1n) is 7.80. The largest absolute Gasteiger partial charge is 0.241 e. The van der Waals surface area contributed by atoms with E-state index in [4.69, 9.17) is 0 Å². The van der Waals surface area contributed by atoms with E-state index in [1.54, 1.807) is 0 Å². The second-order valence-corrected chi connectivity index (χ2v) is 7.62. The monoisotopic (exact) mass is 311 g/mol. The highest BCUT2D eigenvalue weighted by Crippen LogP contribution is 2.29. The molecule has 0 spiro atoms. The van der Waals surface area contributed by atoms with Gasteiger partial charge in [-0.2, -0.15) is 0 Å². The fourth-order valence-corrected chi connectivity index (χ4v) is 4.37. The van der Waals surface area contributed by atoms with Crippen molar-refractivity contribution in [1.29, 1.82) is 0 Å². The Balaban J connectivity index is 3.04. The molecule has 0 heterocycles. The molecule has 0 aliphatic carbocycles. The first-order chi connectivity index (χ1) is 9.74. The normalized spacial score (nSPS) is 11.9. The van der Waals surface area contributed by atoms with Crippen LogP contribution in [0.2, 0.25) is 0 Å². The Morgan fingerprint density at radius 2 is 1.24 bits per heavy atom. The van der Waals surface area contributed by atoms with E-state index >= 15 is 0 Å². The highest BCUT2D eigenvalue weighted by molar-refractivity contribution is 7.89. The van der Waals surface area contributed by atoms with Crippen molar-refractivity contribution in [2.75, 3.05) is 6.54 Å². The molecule has 0 saturated heterocycles. The van der Waals surface area contributed by atoms with Gasteiger partial charge in [0.25, 0.3) is 0 Å². The van der Waals surface area contributed by atoms with Gasteiger partial charge in [-0.3, -0.25) is 0 Å². The van der Waals surface area contributed by atoms with Gasteiger partial charge in [0.15, 0.2) is 0 Å². The highest BCUT2D eigenvalue weighted by Gasteiger charge is 2.22. The minimum absolute atomic E-state index is 0.471. The Morgan fingerprint density at radius 3 is 1.71 bits per heavy atom. The molecule has 1 N–H and O–H groups in total. The van der Waals surface area contributed by atoms with Crippen molar-refractivity contribution in [2.24, 2.45) is 0 Å². The average Bonchev–Trinajstić information content (AvgIpc) is 2.42. The van der Waals surface area contributed by atoms with Crippen LogP contribution in [0.5, 0.6) is 0 Å². The van der Waals surface area contributed by atoms with Crippen molar-refractivity contribution in [3.05, 3.63) is 27.8 Å². The smallest absolute Gasteiger partial charge is 0.211 e. The summed E-state index contributed by atoms with van der Waals surface area (Å²) in [5, 5.41) is 0. The van der Waals surface area contributed by atoms with Crippen molar-refractivity contribution < 1.29 is 8.42 Å². The lowest BCUT2D eigenvalue weighted by Gasteiger charge is -2.19. The van der Waals surface area contributed by atoms with Crippen LogP contribution in [-0.2, 0) is 10.0 Å². The third-order valence-corrected chi connectivity index (χ3v) is 6.26. The first-order valence-corrected chi connectivity index (χ1v) is 9.29. The molecule has 0 aliphatic heterocycles. The molecule has 0 aromatic heterocycles. The zero-order valence-electron chi connectivity index (χ0n) is 14.3. The highest BCUT2D eigenvalue weighted by atomic mass is 32.2. The predicted octanol–water partition coefficient (Wildman–Crippen LogP) is 4.09. The van der Waals surface area contributed by atoms with Crippen LogP contribution in [0.4, 0.5) is 0 Å². The van der Waals surface area contributed by atoms with Crippen LogP contribution in [0.3, 0.4) is 0 Å². The lowest BCUT2D eigenvalue weighted by atomic mass is 9.95. The fraction of sp³-hybridized carbons (Fsp3) is 0.647. The molecule has 0 atom stereocenters. The molecule has 120 valence electrons. The van der Waals surface area contributed by atoms with Gasteiger partial charge in [0.05, 0.1) is 4.90 Å². The van der Waals surface area contributed by atoms with Crippen molar-refractivity contribution in [3.8, 4) is 0 Å². The summed E-state index contributed by atoms with van der Waals surface area (Å²) >= 11 is 0. The standard InChI is InChI=1S/C17H29NO2S/c1-7-8-9-10-11-18-21(19,20)17-15(5)13(3)12(2)14(4)16(17)6/h18H,7-11H2,1-6H3. The van der Waals surface area contributed by atoms with Crippen LogP contribution >= 0.6 is 0 Å². The molecule has 0 radical (unpaired) electrons. The van der Waals surface area contributed by atoms with E-state index in [0.717, 1.165) is 47.9 Å². The number of sulfonamides is 1. The topological polar surface area (TPSA) is 46.2 Å². The van der Waals surface area contributed by atoms with Crippen molar-refractivity contribution in [2.45, 2.75) is 72.1 Å². The van der Waals surface area contributed by atoms with Gasteiger partial charge < -0.3 is 0 Å². The van der Waals surface area contributed by atoms with E-state index in [1.807, 2.05) is 27.7 Å². The van der Waals surface area contributed by atoms with Gasteiger partial charge >= 0.3 is 0 Å². The maximum absolute atomic E-state index is 12.6. The molecule has 1 aromatic carbocycles. The number of hydrogen-bond acceptors (Lipinski definition) is 2. The number of unbranched alkanes of at least 4 members (excludes halogenated alkanes) is 3. The van der Waals surface area contributed by atoms with Crippen LogP contribution in [0.25, 0.3) is 0 Å². The Hall–Kier alpha value is -0.870. The Labute approximate surface area is 130 Å². The van der Waals surface area contributed by atoms with Gasteiger partial charge in [-0.15, -0.1) is 0 Å². The van der Waals surface area contributed by atoms with Gasteiger partial charge in [0.1, 0.15) is 0 Å². The third kappa shape index (κ3) is 4.07. The molecule has 21 heavy (non-hydrogen) atoms. The second-order valence-electron chi connectivity index (χ2n) is 5.91. The maximum atomic E-state index is 12.6. The van der Waals surface area contributed by atoms with E-state index < -0.39 is 10.0 Å². The van der Waals surface area contributed by atoms with Gasteiger partial charge in [-0.1, -0.05) is 26.2 Å². The summed E-state index contributed by atoms with van der Waals surface area (Å²) in [6, 6.07) is 0. The molecular formula is C17H29NO2S. The van der Waals surface area contributed by atoms with Crippen molar-refractivity contribution in [3.63, 3.8) is 0 Å². The number of rotatable bonds is 7. The molecule has 0 bridgehead atoms. The maximum Gasteiger partial charge on any atom is 0.241 e. The van der Waals surface area contributed by atoms with Crippen molar-refractivity contribution >= 4 is 10.0 Å². The van der Waals surface area contributed by atoms with E-state index in [1.165, 1.54) is 5.56 Å². The van der Waals surface area contributed by atoms with Crippen LogP contribution in [-0.4, -0.2) is 15.0 Å². The number of nitrogens with one attached hydrogen (secondary N) is 1. The average molecular weight is 311 g/mol. The summed E-state index contributed by atoms with van der Waals surface area (Å²) < 4.78 is 28.0. The molecule has 0 amide bonds. The molecule has 0 saturated carbocycles. The van der Waals surface area contributed by atoms with E-state index in [0.29, 0.717) is 11.4 Å². The zero-order chi connectivity index (χ0) is 16.2. The summed E-state index contributed by atoms with van der Waals surface area (Å²) in [6.45, 7) is 12.5. The van der Waals surface area contributed by atoms with E-state index in [9.17, 15) is 8.42 Å². The van der Waals surface area contributed by atoms with E-state index in [2.05, 4.69) is 18.6 Å². The lowest BCUT2D eigenvalue weighted by Crippen LogP contribution is -2.27. The van der Waals surface area contributed by atoms with Gasteiger partial charge in [0.2, 0.25) is 10.0 Å². The van der Waals surface area contributed by atoms with Crippen LogP contribution in [0, 0.1) is 34.6 Å². The minimum Gasteiger partial charge on any atom is -0.211 e. The number of benzene rings is 1. The SMILES string of the molecule is CCCCCCNS(=O)(=O)c1c(C)c(C)c(C)c(C)c1C. The molecule has 0 unspecified atom stereocenters. The first kappa shape index (κ1) is 18.2. The van der Waals surface area contributed by atoms with Gasteiger partial charge in [-0.05, 0) is 68.9 Å². The van der Waals surface area contributed by atoms with Crippen LogP contribution < -0.4 is 4.72 Å². The van der Waals surface area contributed by atoms with Crippen LogP contribution in [0.1, 0.15) is 60.4 Å². The molecule has 0 aliphatic rings.